The summed E-state index contributed by atoms with van der Waals surface area (Å²) in [6.07, 6.45) is 9.48. The minimum Gasteiger partial charge on any atom is -0.320 e. The van der Waals surface area contributed by atoms with E-state index in [0.717, 1.165) is 13.1 Å². The highest BCUT2D eigenvalue weighted by atomic mass is 28.1. The van der Waals surface area contributed by atoms with Crippen LogP contribution >= 0.6 is 0 Å². The summed E-state index contributed by atoms with van der Waals surface area (Å²) in [4.78, 5) is 0. The normalized spacial score (nSPS) is 10.9. The minimum atomic E-state index is 1.01. The lowest BCUT2D eigenvalue weighted by atomic mass is 10.1. The molecule has 108 valence electrons. The second-order valence-corrected chi connectivity index (χ2v) is 5.84. The van der Waals surface area contributed by atoms with E-state index in [-0.39, 0.29) is 0 Å². The third-order valence-electron chi connectivity index (χ3n) is 3.38. The molecule has 0 saturated heterocycles. The summed E-state index contributed by atoms with van der Waals surface area (Å²) in [7, 11) is 1.28. The van der Waals surface area contributed by atoms with E-state index in [9.17, 15) is 0 Å². The monoisotopic (exact) mass is 278 g/mol. The lowest BCUT2D eigenvalue weighted by Gasteiger charge is -2.05. The first-order chi connectivity index (χ1) is 9.43. The fourth-order valence-electron chi connectivity index (χ4n) is 2.21. The summed E-state index contributed by atoms with van der Waals surface area (Å²) >= 11 is 0. The van der Waals surface area contributed by atoms with Gasteiger partial charge in [0.15, 0.2) is 0 Å². The van der Waals surface area contributed by atoms with E-state index >= 15 is 0 Å². The Labute approximate surface area is 121 Å². The van der Waals surface area contributed by atoms with Crippen LogP contribution in [0.2, 0.25) is 0 Å². The SMILES string of the molecule is [SiH3]CNCCCCCCCCNCc1ccccc1. The van der Waals surface area contributed by atoms with E-state index in [2.05, 4.69) is 41.0 Å². The molecule has 0 aliphatic rings. The Morgan fingerprint density at radius 2 is 1.32 bits per heavy atom. The fraction of sp³-hybridized carbons (Fsp3) is 0.625. The molecule has 1 aromatic carbocycles. The summed E-state index contributed by atoms with van der Waals surface area (Å²) in [6, 6.07) is 10.6. The van der Waals surface area contributed by atoms with Crippen molar-refractivity contribution in [3.05, 3.63) is 35.9 Å². The third kappa shape index (κ3) is 9.88. The summed E-state index contributed by atoms with van der Waals surface area (Å²) < 4.78 is 0. The number of unbranched alkanes of at least 4 members (excludes halogenated alkanes) is 5. The molecule has 0 radical (unpaired) electrons. The summed E-state index contributed by atoms with van der Waals surface area (Å²) in [6.45, 7) is 3.38. The van der Waals surface area contributed by atoms with E-state index in [4.69, 9.17) is 0 Å². The molecule has 0 amide bonds. The molecular weight excluding hydrogens is 248 g/mol. The maximum Gasteiger partial charge on any atom is 0.0205 e. The molecule has 3 heteroatoms. The molecule has 0 aliphatic carbocycles. The Kier molecular flexibility index (Phi) is 10.7. The van der Waals surface area contributed by atoms with Crippen molar-refractivity contribution in [3.8, 4) is 0 Å². The van der Waals surface area contributed by atoms with Gasteiger partial charge in [0, 0.05) is 16.8 Å². The van der Waals surface area contributed by atoms with Crippen LogP contribution in [0, 0.1) is 0 Å². The van der Waals surface area contributed by atoms with Gasteiger partial charge in [0.25, 0.3) is 0 Å². The molecule has 2 nitrogen and oxygen atoms in total. The molecule has 0 saturated carbocycles. The third-order valence-corrected chi connectivity index (χ3v) is 3.88. The summed E-state index contributed by atoms with van der Waals surface area (Å²) in [5.41, 5.74) is 1.38. The molecule has 2 N–H and O–H groups in total. The number of benzene rings is 1. The van der Waals surface area contributed by atoms with Crippen molar-refractivity contribution in [3.63, 3.8) is 0 Å². The van der Waals surface area contributed by atoms with E-state index in [1.54, 1.807) is 0 Å². The van der Waals surface area contributed by atoms with Crippen LogP contribution in [0.4, 0.5) is 0 Å². The minimum absolute atomic E-state index is 1.01. The van der Waals surface area contributed by atoms with Crippen molar-refractivity contribution in [2.75, 3.05) is 19.3 Å². The van der Waals surface area contributed by atoms with Gasteiger partial charge in [0.2, 0.25) is 0 Å². The van der Waals surface area contributed by atoms with Crippen LogP contribution < -0.4 is 10.6 Å². The van der Waals surface area contributed by atoms with Crippen molar-refractivity contribution in [1.82, 2.24) is 10.6 Å². The largest absolute Gasteiger partial charge is 0.320 e. The topological polar surface area (TPSA) is 24.1 Å². The molecule has 0 aromatic heterocycles. The first-order valence-electron chi connectivity index (χ1n) is 7.89. The van der Waals surface area contributed by atoms with Crippen molar-refractivity contribution in [1.29, 1.82) is 0 Å². The van der Waals surface area contributed by atoms with E-state index in [0.29, 0.717) is 0 Å². The van der Waals surface area contributed by atoms with Gasteiger partial charge < -0.3 is 10.6 Å². The molecule has 19 heavy (non-hydrogen) atoms. The van der Waals surface area contributed by atoms with E-state index in [1.807, 2.05) is 0 Å². The highest BCUT2D eigenvalue weighted by molar-refractivity contribution is 6.08. The number of rotatable bonds is 12. The summed E-state index contributed by atoms with van der Waals surface area (Å²) in [5, 5.41) is 6.95. The van der Waals surface area contributed by atoms with Crippen molar-refractivity contribution < 1.29 is 0 Å². The Morgan fingerprint density at radius 1 is 0.737 bits per heavy atom. The first-order valence-corrected chi connectivity index (χ1v) is 9.30. The lowest BCUT2D eigenvalue weighted by Crippen LogP contribution is -2.16. The van der Waals surface area contributed by atoms with Crippen LogP contribution in [-0.2, 0) is 6.54 Å². The van der Waals surface area contributed by atoms with Crippen LogP contribution in [0.3, 0.4) is 0 Å². The summed E-state index contributed by atoms with van der Waals surface area (Å²) in [5.74, 6) is 0. The van der Waals surface area contributed by atoms with Crippen LogP contribution in [0.25, 0.3) is 0 Å². The van der Waals surface area contributed by atoms with Crippen LogP contribution in [-0.4, -0.2) is 29.5 Å². The van der Waals surface area contributed by atoms with Gasteiger partial charge in [-0.25, -0.2) is 0 Å². The van der Waals surface area contributed by atoms with Gasteiger partial charge in [0.05, 0.1) is 0 Å². The van der Waals surface area contributed by atoms with Gasteiger partial charge in [0.1, 0.15) is 0 Å². The van der Waals surface area contributed by atoms with Gasteiger partial charge >= 0.3 is 0 Å². The first kappa shape index (κ1) is 16.4. The lowest BCUT2D eigenvalue weighted by molar-refractivity contribution is 0.557. The Hall–Kier alpha value is -0.643. The van der Waals surface area contributed by atoms with Gasteiger partial charge in [-0.2, -0.15) is 0 Å². The molecule has 0 heterocycles. The average Bonchev–Trinajstić information content (AvgIpc) is 2.46. The zero-order valence-corrected chi connectivity index (χ0v) is 14.5. The number of hydrogen-bond acceptors (Lipinski definition) is 2. The molecule has 1 rings (SSSR count). The smallest absolute Gasteiger partial charge is 0.0205 e. The maximum atomic E-state index is 3.51. The average molecular weight is 279 g/mol. The standard InChI is InChI=1S/C16H30N2Si/c19-15-18-13-9-4-2-1-3-8-12-17-14-16-10-6-5-7-11-16/h5-7,10-11,17-18H,1-4,8-9,12-15H2,19H3. The second kappa shape index (κ2) is 12.4. The van der Waals surface area contributed by atoms with Crippen molar-refractivity contribution in [2.24, 2.45) is 0 Å². The predicted octanol–water partition coefficient (Wildman–Crippen LogP) is 2.03. The molecule has 0 bridgehead atoms. The predicted molar refractivity (Wildman–Crippen MR) is 88.7 cm³/mol. The second-order valence-electron chi connectivity index (χ2n) is 5.14. The zero-order chi connectivity index (χ0) is 13.6. The molecule has 0 unspecified atom stereocenters. The Morgan fingerprint density at radius 3 is 1.95 bits per heavy atom. The van der Waals surface area contributed by atoms with Gasteiger partial charge in [-0.15, -0.1) is 0 Å². The molecule has 0 spiro atoms. The zero-order valence-electron chi connectivity index (χ0n) is 12.5. The molecular formula is C16H30N2Si. The van der Waals surface area contributed by atoms with Crippen LogP contribution in [0.1, 0.15) is 44.1 Å². The highest BCUT2D eigenvalue weighted by Crippen LogP contribution is 2.04. The maximum absolute atomic E-state index is 3.51. The number of hydrogen-bond donors (Lipinski definition) is 2. The molecule has 0 fully saturated rings. The van der Waals surface area contributed by atoms with Crippen LogP contribution in [0.15, 0.2) is 30.3 Å². The van der Waals surface area contributed by atoms with E-state index in [1.165, 1.54) is 67.0 Å². The van der Waals surface area contributed by atoms with Gasteiger partial charge in [-0.1, -0.05) is 56.0 Å². The van der Waals surface area contributed by atoms with E-state index < -0.39 is 0 Å². The fourth-order valence-corrected chi connectivity index (χ4v) is 2.57. The Balaban J connectivity index is 1.79. The highest BCUT2D eigenvalue weighted by Gasteiger charge is 1.93. The van der Waals surface area contributed by atoms with Gasteiger partial charge in [-0.3, -0.25) is 0 Å². The molecule has 1 aromatic rings. The molecule has 0 atom stereocenters. The van der Waals surface area contributed by atoms with Gasteiger partial charge in [-0.05, 0) is 37.7 Å². The Bertz CT molecular complexity index is 290. The molecule has 0 aliphatic heterocycles. The quantitative estimate of drug-likeness (QED) is 0.451. The van der Waals surface area contributed by atoms with Crippen molar-refractivity contribution >= 4 is 10.2 Å². The number of nitrogens with one attached hydrogen (secondary N) is 2. The van der Waals surface area contributed by atoms with Crippen LogP contribution in [0.5, 0.6) is 0 Å². The van der Waals surface area contributed by atoms with Crippen molar-refractivity contribution in [2.45, 2.75) is 45.1 Å².